The summed E-state index contributed by atoms with van der Waals surface area (Å²) in [6.45, 7) is 0.221. The summed E-state index contributed by atoms with van der Waals surface area (Å²) < 4.78 is 0. The molecule has 4 aromatic carbocycles. The van der Waals surface area contributed by atoms with E-state index in [9.17, 15) is 9.59 Å². The van der Waals surface area contributed by atoms with Gasteiger partial charge in [0.2, 0.25) is 0 Å². The van der Waals surface area contributed by atoms with Crippen molar-refractivity contribution in [3.05, 3.63) is 150 Å². The standard InChI is InChI=1S/C30H24N2O3/c33-29(26-19-9-3-10-20-26)32(23-13-16-24-14-5-1-6-15-24)28(25-17-7-2-8-18-25)31-35-30(34)27-21-11-4-12-22-27/h1-22H,23H2/b16-13+,31-28+. The van der Waals surface area contributed by atoms with Gasteiger partial charge in [-0.25, -0.2) is 4.79 Å². The predicted molar refractivity (Wildman–Crippen MR) is 138 cm³/mol. The van der Waals surface area contributed by atoms with Gasteiger partial charge in [-0.05, 0) is 29.8 Å². The lowest BCUT2D eigenvalue weighted by atomic mass is 10.1. The molecule has 5 nitrogen and oxygen atoms in total. The molecule has 1 amide bonds. The highest BCUT2D eigenvalue weighted by Crippen LogP contribution is 2.14. The van der Waals surface area contributed by atoms with E-state index in [-0.39, 0.29) is 18.3 Å². The van der Waals surface area contributed by atoms with Gasteiger partial charge in [0.15, 0.2) is 5.84 Å². The van der Waals surface area contributed by atoms with Crippen molar-refractivity contribution in [2.24, 2.45) is 5.16 Å². The van der Waals surface area contributed by atoms with Crippen LogP contribution in [0.4, 0.5) is 0 Å². The first-order valence-corrected chi connectivity index (χ1v) is 11.2. The number of nitrogens with zero attached hydrogens (tertiary/aromatic N) is 2. The van der Waals surface area contributed by atoms with Gasteiger partial charge in [-0.15, -0.1) is 0 Å². The maximum absolute atomic E-state index is 13.6. The van der Waals surface area contributed by atoms with Gasteiger partial charge >= 0.3 is 5.97 Å². The van der Waals surface area contributed by atoms with E-state index in [1.54, 1.807) is 48.5 Å². The molecule has 35 heavy (non-hydrogen) atoms. The summed E-state index contributed by atoms with van der Waals surface area (Å²) in [5.74, 6) is -0.630. The summed E-state index contributed by atoms with van der Waals surface area (Å²) in [7, 11) is 0. The summed E-state index contributed by atoms with van der Waals surface area (Å²) in [4.78, 5) is 33.0. The largest absolute Gasteiger partial charge is 0.365 e. The number of carbonyl (C=O) groups excluding carboxylic acids is 2. The van der Waals surface area contributed by atoms with Crippen LogP contribution in [0, 0.1) is 0 Å². The van der Waals surface area contributed by atoms with E-state index in [0.717, 1.165) is 5.56 Å². The number of rotatable bonds is 7. The molecule has 0 saturated heterocycles. The second kappa shape index (κ2) is 11.9. The van der Waals surface area contributed by atoms with Crippen LogP contribution >= 0.6 is 0 Å². The second-order valence-electron chi connectivity index (χ2n) is 7.62. The third-order valence-corrected chi connectivity index (χ3v) is 5.18. The SMILES string of the molecule is O=C(O/N=C(\c1ccccc1)N(C/C=C/c1ccccc1)C(=O)c1ccccc1)c1ccccc1. The van der Waals surface area contributed by atoms with Crippen LogP contribution < -0.4 is 0 Å². The maximum Gasteiger partial charge on any atom is 0.365 e. The van der Waals surface area contributed by atoms with Gasteiger partial charge in [0.25, 0.3) is 5.91 Å². The molecule has 0 spiro atoms. The molecule has 4 aromatic rings. The first-order valence-electron chi connectivity index (χ1n) is 11.2. The highest BCUT2D eigenvalue weighted by molar-refractivity contribution is 6.12. The number of carbonyl (C=O) groups is 2. The molecule has 0 bridgehead atoms. The second-order valence-corrected chi connectivity index (χ2v) is 7.62. The summed E-state index contributed by atoms with van der Waals surface area (Å²) >= 11 is 0. The Morgan fingerprint density at radius 2 is 1.14 bits per heavy atom. The van der Waals surface area contributed by atoms with E-state index in [2.05, 4.69) is 5.16 Å². The van der Waals surface area contributed by atoms with Crippen LogP contribution in [0.2, 0.25) is 0 Å². The maximum atomic E-state index is 13.6. The molecule has 0 fully saturated rings. The van der Waals surface area contributed by atoms with Crippen molar-refractivity contribution in [1.82, 2.24) is 4.90 Å². The zero-order valence-corrected chi connectivity index (χ0v) is 19.0. The molecule has 0 atom stereocenters. The van der Waals surface area contributed by atoms with E-state index < -0.39 is 5.97 Å². The van der Waals surface area contributed by atoms with Gasteiger partial charge in [-0.3, -0.25) is 9.69 Å². The fourth-order valence-electron chi connectivity index (χ4n) is 3.42. The number of hydrogen-bond donors (Lipinski definition) is 0. The number of oxime groups is 1. The highest BCUT2D eigenvalue weighted by Gasteiger charge is 2.23. The molecular weight excluding hydrogens is 436 g/mol. The lowest BCUT2D eigenvalue weighted by Gasteiger charge is -2.23. The minimum absolute atomic E-state index is 0.221. The highest BCUT2D eigenvalue weighted by atomic mass is 16.7. The Morgan fingerprint density at radius 3 is 1.71 bits per heavy atom. The quantitative estimate of drug-likeness (QED) is 0.146. The van der Waals surface area contributed by atoms with Gasteiger partial charge in [0, 0.05) is 17.7 Å². The Morgan fingerprint density at radius 1 is 0.657 bits per heavy atom. The van der Waals surface area contributed by atoms with Gasteiger partial charge in [0.05, 0.1) is 5.56 Å². The number of amidine groups is 1. The van der Waals surface area contributed by atoms with Crippen LogP contribution in [-0.4, -0.2) is 29.2 Å². The normalized spacial score (nSPS) is 11.3. The smallest absolute Gasteiger partial charge is 0.311 e. The topological polar surface area (TPSA) is 59.0 Å². The van der Waals surface area contributed by atoms with Crippen LogP contribution in [0.1, 0.15) is 31.8 Å². The Labute approximate surface area is 204 Å². The molecule has 0 unspecified atom stereocenters. The van der Waals surface area contributed by atoms with E-state index in [4.69, 9.17) is 4.84 Å². The first kappa shape index (κ1) is 23.4. The van der Waals surface area contributed by atoms with Crippen LogP contribution in [0.5, 0.6) is 0 Å². The number of benzene rings is 4. The lowest BCUT2D eigenvalue weighted by Crippen LogP contribution is -2.38. The molecule has 0 heterocycles. The lowest BCUT2D eigenvalue weighted by molar-refractivity contribution is 0.0506. The average Bonchev–Trinajstić information content (AvgIpc) is 2.94. The minimum Gasteiger partial charge on any atom is -0.311 e. The first-order chi connectivity index (χ1) is 17.2. The molecular formula is C30H24N2O3. The van der Waals surface area contributed by atoms with Crippen molar-refractivity contribution in [3.8, 4) is 0 Å². The third-order valence-electron chi connectivity index (χ3n) is 5.18. The molecule has 5 heteroatoms. The molecule has 4 rings (SSSR count). The third kappa shape index (κ3) is 6.39. The van der Waals surface area contributed by atoms with Crippen molar-refractivity contribution < 1.29 is 14.4 Å². The summed E-state index contributed by atoms with van der Waals surface area (Å²) in [6.07, 6.45) is 3.82. The van der Waals surface area contributed by atoms with Crippen molar-refractivity contribution in [1.29, 1.82) is 0 Å². The molecule has 0 aliphatic carbocycles. The minimum atomic E-state index is -0.606. The Hall–Kier alpha value is -4.77. The van der Waals surface area contributed by atoms with Gasteiger partial charge in [0.1, 0.15) is 0 Å². The molecule has 0 aliphatic rings. The summed E-state index contributed by atoms with van der Waals surface area (Å²) in [5, 5.41) is 4.18. The van der Waals surface area contributed by atoms with Crippen molar-refractivity contribution in [2.45, 2.75) is 0 Å². The van der Waals surface area contributed by atoms with Crippen molar-refractivity contribution in [3.63, 3.8) is 0 Å². The van der Waals surface area contributed by atoms with E-state index in [1.807, 2.05) is 84.9 Å². The Bertz CT molecular complexity index is 1300. The van der Waals surface area contributed by atoms with Crippen LogP contribution in [0.3, 0.4) is 0 Å². The van der Waals surface area contributed by atoms with Crippen LogP contribution in [0.15, 0.2) is 133 Å². The summed E-state index contributed by atoms with van der Waals surface area (Å²) in [6, 6.07) is 36.6. The predicted octanol–water partition coefficient (Wildman–Crippen LogP) is 6.06. The molecule has 0 N–H and O–H groups in total. The zero-order chi connectivity index (χ0) is 24.3. The fourth-order valence-corrected chi connectivity index (χ4v) is 3.42. The van der Waals surface area contributed by atoms with E-state index in [1.165, 1.54) is 4.90 Å². The molecule has 172 valence electrons. The number of amides is 1. The summed E-state index contributed by atoms with van der Waals surface area (Å²) in [5.41, 5.74) is 2.52. The molecule has 0 aliphatic heterocycles. The van der Waals surface area contributed by atoms with Gasteiger partial charge < -0.3 is 4.84 Å². The van der Waals surface area contributed by atoms with E-state index in [0.29, 0.717) is 16.7 Å². The average molecular weight is 461 g/mol. The number of hydrogen-bond acceptors (Lipinski definition) is 4. The van der Waals surface area contributed by atoms with Gasteiger partial charge in [-0.2, -0.15) is 0 Å². The van der Waals surface area contributed by atoms with Crippen molar-refractivity contribution in [2.75, 3.05) is 6.54 Å². The monoisotopic (exact) mass is 460 g/mol. The van der Waals surface area contributed by atoms with Crippen LogP contribution in [-0.2, 0) is 4.84 Å². The molecule has 0 radical (unpaired) electrons. The van der Waals surface area contributed by atoms with Gasteiger partial charge in [-0.1, -0.05) is 114 Å². The van der Waals surface area contributed by atoms with Crippen LogP contribution in [0.25, 0.3) is 6.08 Å². The molecule has 0 saturated carbocycles. The Balaban J connectivity index is 1.70. The van der Waals surface area contributed by atoms with E-state index >= 15 is 0 Å². The molecule has 0 aromatic heterocycles. The zero-order valence-electron chi connectivity index (χ0n) is 19.0. The fraction of sp³-hybridized carbons (Fsp3) is 0.0333. The Kier molecular flexibility index (Phi) is 7.96. The van der Waals surface area contributed by atoms with Crippen molar-refractivity contribution >= 4 is 23.8 Å².